The standard InChI is InChI=1S/C14H20O2/c1-4-10-16-11-12(3)13-8-6-7-9-14(13,15)5-2/h2,4,13,15H,1,3,6-11H2/t13-,14-/m0/s1. The first-order valence-corrected chi connectivity index (χ1v) is 5.70. The lowest BCUT2D eigenvalue weighted by molar-refractivity contribution is 0.0139. The molecule has 0 aromatic carbocycles. The molecule has 0 aromatic rings. The lowest BCUT2D eigenvalue weighted by atomic mass is 9.72. The van der Waals surface area contributed by atoms with Crippen molar-refractivity contribution in [2.75, 3.05) is 13.2 Å². The van der Waals surface area contributed by atoms with Crippen LogP contribution in [0.1, 0.15) is 25.7 Å². The molecule has 2 heteroatoms. The van der Waals surface area contributed by atoms with Gasteiger partial charge in [-0.25, -0.2) is 0 Å². The van der Waals surface area contributed by atoms with E-state index in [-0.39, 0.29) is 5.92 Å². The molecular formula is C14H20O2. The predicted octanol–water partition coefficient (Wildman–Crippen LogP) is 2.30. The monoisotopic (exact) mass is 220 g/mol. The number of hydrogen-bond donors (Lipinski definition) is 1. The first-order valence-electron chi connectivity index (χ1n) is 5.70. The minimum atomic E-state index is -1.02. The summed E-state index contributed by atoms with van der Waals surface area (Å²) in [7, 11) is 0. The van der Waals surface area contributed by atoms with Gasteiger partial charge in [0.25, 0.3) is 0 Å². The number of hydrogen-bond acceptors (Lipinski definition) is 2. The zero-order valence-electron chi connectivity index (χ0n) is 9.74. The van der Waals surface area contributed by atoms with Crippen molar-refractivity contribution < 1.29 is 9.84 Å². The van der Waals surface area contributed by atoms with Crippen LogP contribution in [0.2, 0.25) is 0 Å². The highest BCUT2D eigenvalue weighted by Gasteiger charge is 2.38. The third kappa shape index (κ3) is 2.98. The molecule has 0 radical (unpaired) electrons. The summed E-state index contributed by atoms with van der Waals surface area (Å²) in [6, 6.07) is 0. The van der Waals surface area contributed by atoms with E-state index in [0.29, 0.717) is 19.6 Å². The lowest BCUT2D eigenvalue weighted by Gasteiger charge is -2.37. The van der Waals surface area contributed by atoms with Crippen LogP contribution in [0.5, 0.6) is 0 Å². The van der Waals surface area contributed by atoms with E-state index in [2.05, 4.69) is 19.1 Å². The SMILES string of the molecule is C#C[C@]1(O)CCCC[C@H]1C(=C)COCC=C. The van der Waals surface area contributed by atoms with Gasteiger partial charge in [0, 0.05) is 5.92 Å². The molecule has 1 fully saturated rings. The number of ether oxygens (including phenoxy) is 1. The van der Waals surface area contributed by atoms with E-state index >= 15 is 0 Å². The predicted molar refractivity (Wildman–Crippen MR) is 65.9 cm³/mol. The fraction of sp³-hybridized carbons (Fsp3) is 0.571. The molecule has 1 aliphatic rings. The van der Waals surface area contributed by atoms with Gasteiger partial charge in [-0.2, -0.15) is 0 Å². The van der Waals surface area contributed by atoms with Gasteiger partial charge in [0.15, 0.2) is 0 Å². The minimum Gasteiger partial charge on any atom is -0.377 e. The fourth-order valence-corrected chi connectivity index (χ4v) is 2.24. The molecular weight excluding hydrogens is 200 g/mol. The molecule has 1 N–H and O–H groups in total. The van der Waals surface area contributed by atoms with Gasteiger partial charge in [-0.15, -0.1) is 13.0 Å². The molecule has 0 bridgehead atoms. The van der Waals surface area contributed by atoms with Crippen molar-refractivity contribution in [2.45, 2.75) is 31.3 Å². The van der Waals surface area contributed by atoms with Gasteiger partial charge in [-0.05, 0) is 24.8 Å². The summed E-state index contributed by atoms with van der Waals surface area (Å²) in [6.07, 6.45) is 10.8. The molecule has 1 saturated carbocycles. The van der Waals surface area contributed by atoms with Crippen molar-refractivity contribution in [1.82, 2.24) is 0 Å². The van der Waals surface area contributed by atoms with Gasteiger partial charge in [-0.1, -0.05) is 25.0 Å². The van der Waals surface area contributed by atoms with E-state index in [1.54, 1.807) is 6.08 Å². The van der Waals surface area contributed by atoms with E-state index in [1.165, 1.54) is 0 Å². The molecule has 0 amide bonds. The highest BCUT2D eigenvalue weighted by Crippen LogP contribution is 2.37. The number of terminal acetylenes is 1. The van der Waals surface area contributed by atoms with Crippen LogP contribution in [0.3, 0.4) is 0 Å². The lowest BCUT2D eigenvalue weighted by Crippen LogP contribution is -2.40. The van der Waals surface area contributed by atoms with Crippen LogP contribution >= 0.6 is 0 Å². The van der Waals surface area contributed by atoms with Crippen LogP contribution < -0.4 is 0 Å². The normalized spacial score (nSPS) is 29.4. The summed E-state index contributed by atoms with van der Waals surface area (Å²) < 4.78 is 5.34. The van der Waals surface area contributed by atoms with Crippen molar-refractivity contribution in [3.05, 3.63) is 24.8 Å². The molecule has 2 nitrogen and oxygen atoms in total. The fourth-order valence-electron chi connectivity index (χ4n) is 2.24. The number of rotatable bonds is 5. The molecule has 0 aliphatic heterocycles. The third-order valence-electron chi connectivity index (χ3n) is 3.14. The molecule has 1 rings (SSSR count). The summed E-state index contributed by atoms with van der Waals surface area (Å²) in [5.74, 6) is 2.49. The van der Waals surface area contributed by atoms with Gasteiger partial charge in [0.1, 0.15) is 5.60 Å². The zero-order valence-corrected chi connectivity index (χ0v) is 9.74. The van der Waals surface area contributed by atoms with Gasteiger partial charge >= 0.3 is 0 Å². The summed E-state index contributed by atoms with van der Waals surface area (Å²) >= 11 is 0. The van der Waals surface area contributed by atoms with Crippen molar-refractivity contribution in [3.8, 4) is 12.3 Å². The molecule has 16 heavy (non-hydrogen) atoms. The highest BCUT2D eigenvalue weighted by atomic mass is 16.5. The smallest absolute Gasteiger partial charge is 0.131 e. The van der Waals surface area contributed by atoms with Gasteiger partial charge in [0.05, 0.1) is 13.2 Å². The second-order valence-electron chi connectivity index (χ2n) is 4.33. The Labute approximate surface area is 98.0 Å². The zero-order chi connectivity index (χ0) is 12.0. The van der Waals surface area contributed by atoms with Gasteiger partial charge in [0.2, 0.25) is 0 Å². The third-order valence-corrected chi connectivity index (χ3v) is 3.14. The average Bonchev–Trinajstić information content (AvgIpc) is 2.30. The Kier molecular flexibility index (Phi) is 4.79. The Bertz CT molecular complexity index is 300. The van der Waals surface area contributed by atoms with E-state index < -0.39 is 5.60 Å². The topological polar surface area (TPSA) is 29.5 Å². The molecule has 0 heterocycles. The largest absolute Gasteiger partial charge is 0.377 e. The summed E-state index contributed by atoms with van der Waals surface area (Å²) in [4.78, 5) is 0. The average molecular weight is 220 g/mol. The Morgan fingerprint density at radius 3 is 3.00 bits per heavy atom. The van der Waals surface area contributed by atoms with Crippen LogP contribution in [-0.4, -0.2) is 23.9 Å². The van der Waals surface area contributed by atoms with Crippen LogP contribution in [-0.2, 0) is 4.74 Å². The molecule has 88 valence electrons. The number of aliphatic hydroxyl groups is 1. The molecule has 2 atom stereocenters. The van der Waals surface area contributed by atoms with Crippen molar-refractivity contribution in [3.63, 3.8) is 0 Å². The second kappa shape index (κ2) is 5.89. The van der Waals surface area contributed by atoms with E-state index in [4.69, 9.17) is 11.2 Å². The van der Waals surface area contributed by atoms with Crippen LogP contribution in [0.4, 0.5) is 0 Å². The minimum absolute atomic E-state index is 0.0314. The Morgan fingerprint density at radius 1 is 1.62 bits per heavy atom. The van der Waals surface area contributed by atoms with Gasteiger partial charge in [-0.3, -0.25) is 0 Å². The summed E-state index contributed by atoms with van der Waals surface area (Å²) in [6.45, 7) is 8.50. The second-order valence-corrected chi connectivity index (χ2v) is 4.33. The molecule has 0 unspecified atom stereocenters. The van der Waals surface area contributed by atoms with Crippen molar-refractivity contribution in [2.24, 2.45) is 5.92 Å². The van der Waals surface area contributed by atoms with Crippen LogP contribution in [0.15, 0.2) is 24.8 Å². The van der Waals surface area contributed by atoms with E-state index in [1.807, 2.05) is 0 Å². The molecule has 1 aliphatic carbocycles. The Morgan fingerprint density at radius 2 is 2.38 bits per heavy atom. The first kappa shape index (κ1) is 13.0. The van der Waals surface area contributed by atoms with Gasteiger partial charge < -0.3 is 9.84 Å². The maximum Gasteiger partial charge on any atom is 0.131 e. The Balaban J connectivity index is 2.58. The first-order chi connectivity index (χ1) is 7.64. The highest BCUT2D eigenvalue weighted by molar-refractivity contribution is 5.21. The quantitative estimate of drug-likeness (QED) is 0.437. The Hall–Kier alpha value is -1.04. The summed E-state index contributed by atoms with van der Waals surface area (Å²) in [5.41, 5.74) is -0.130. The molecule has 0 aromatic heterocycles. The van der Waals surface area contributed by atoms with Crippen molar-refractivity contribution >= 4 is 0 Å². The maximum absolute atomic E-state index is 10.3. The van der Waals surface area contributed by atoms with Crippen molar-refractivity contribution in [1.29, 1.82) is 0 Å². The van der Waals surface area contributed by atoms with Crippen LogP contribution in [0, 0.1) is 18.3 Å². The van der Waals surface area contributed by atoms with E-state index in [0.717, 1.165) is 24.8 Å². The summed E-state index contributed by atoms with van der Waals surface area (Å²) in [5, 5.41) is 10.3. The van der Waals surface area contributed by atoms with E-state index in [9.17, 15) is 5.11 Å². The van der Waals surface area contributed by atoms with Crippen LogP contribution in [0.25, 0.3) is 0 Å². The maximum atomic E-state index is 10.3. The molecule has 0 saturated heterocycles. The molecule has 0 spiro atoms.